The summed E-state index contributed by atoms with van der Waals surface area (Å²) in [6.07, 6.45) is 15.7. The fourth-order valence-corrected chi connectivity index (χ4v) is 53.3. The Hall–Kier alpha value is 1.16. The van der Waals surface area contributed by atoms with Crippen molar-refractivity contribution in [2.45, 2.75) is 148 Å². The first kappa shape index (κ1) is 26.4. The van der Waals surface area contributed by atoms with Crippen LogP contribution in [0.3, 0.4) is 0 Å². The van der Waals surface area contributed by atoms with Gasteiger partial charge in [0.1, 0.15) is 0 Å². The van der Waals surface area contributed by atoms with Crippen molar-refractivity contribution >= 4 is 60.9 Å². The highest BCUT2D eigenvalue weighted by Gasteiger charge is 2.83. The molecule has 7 saturated carbocycles. The average molecular weight is 673 g/mol. The highest BCUT2D eigenvalue weighted by atomic mass is 28.6. The quantitative estimate of drug-likeness (QED) is 0.290. The van der Waals surface area contributed by atoms with Gasteiger partial charge in [0.25, 0.3) is 0 Å². The van der Waals surface area contributed by atoms with Gasteiger partial charge in [0.15, 0.2) is 0 Å². The van der Waals surface area contributed by atoms with Crippen molar-refractivity contribution in [1.82, 2.24) is 0 Å². The van der Waals surface area contributed by atoms with Crippen LogP contribution in [-0.2, 0) is 37.0 Å². The Bertz CT molecular complexity index is 974. The molecule has 0 aromatic carbocycles. The maximum Gasteiger partial charge on any atom is 0.482 e. The minimum absolute atomic E-state index is 0.256. The third-order valence-electron chi connectivity index (χ3n) is 11.2. The molecule has 0 atom stereocenters. The van der Waals surface area contributed by atoms with Gasteiger partial charge in [-0.05, 0) is 110 Å². The predicted octanol–water partition coefficient (Wildman–Crippen LogP) is 6.30. The van der Waals surface area contributed by atoms with Crippen LogP contribution in [0.2, 0.25) is 58.4 Å². The molecule has 0 spiro atoms. The SMILES string of the molecule is C[Si]1(C2CC2)O[Si]2(C3CC3)O[Si](C)(C3CC3)O[Si]3(C4CC4)O[Si](C)(C4CC4)O[Si](C4CC4)(O1)O[Si](C1CC1)(O2)O3. The highest BCUT2D eigenvalue weighted by molar-refractivity contribution is 7.01. The van der Waals surface area contributed by atoms with E-state index in [0.29, 0.717) is 33.2 Å². The second-order valence-electron chi connectivity index (χ2n) is 15.3. The number of fused-ring (bicyclic) bond motifs is 3. The minimum Gasteiger partial charge on any atom is -0.394 e. The smallest absolute Gasteiger partial charge is 0.394 e. The summed E-state index contributed by atoms with van der Waals surface area (Å²) in [6.45, 7) is 6.91. The van der Waals surface area contributed by atoms with Crippen molar-refractivity contribution < 1.29 is 37.0 Å². The zero-order valence-electron chi connectivity index (χ0n) is 24.1. The molecule has 3 aliphatic heterocycles. The van der Waals surface area contributed by atoms with Crippen molar-refractivity contribution in [3.05, 3.63) is 0 Å². The van der Waals surface area contributed by atoms with Gasteiger partial charge in [0.2, 0.25) is 0 Å². The van der Waals surface area contributed by atoms with E-state index in [9.17, 15) is 0 Å². The molecule has 0 aromatic heterocycles. The topological polar surface area (TPSA) is 83.1 Å². The lowest BCUT2D eigenvalue weighted by molar-refractivity contribution is 0.0406. The Morgan fingerprint density at radius 3 is 0.625 bits per heavy atom. The molecule has 10 fully saturated rings. The zero-order chi connectivity index (χ0) is 26.8. The van der Waals surface area contributed by atoms with Crippen LogP contribution >= 0.6 is 0 Å². The fraction of sp³-hybridized carbons (Fsp3) is 1.00. The van der Waals surface area contributed by atoms with Crippen molar-refractivity contribution in [1.29, 1.82) is 0 Å². The van der Waals surface area contributed by atoms with E-state index in [1.54, 1.807) is 0 Å². The van der Waals surface area contributed by atoms with Crippen LogP contribution in [-0.4, -0.2) is 60.9 Å². The molecular formula is C24H44O9Si7. The van der Waals surface area contributed by atoms with Crippen LogP contribution in [0.5, 0.6) is 0 Å². The van der Waals surface area contributed by atoms with E-state index in [4.69, 9.17) is 37.0 Å². The van der Waals surface area contributed by atoms with Crippen molar-refractivity contribution in [2.24, 2.45) is 0 Å². The molecule has 40 heavy (non-hydrogen) atoms. The maximum atomic E-state index is 7.71. The van der Waals surface area contributed by atoms with E-state index in [-0.39, 0.29) is 5.54 Å². The Labute approximate surface area is 245 Å². The molecule has 3 saturated heterocycles. The van der Waals surface area contributed by atoms with Gasteiger partial charge in [-0.15, -0.1) is 0 Å². The molecule has 0 aromatic rings. The average Bonchev–Trinajstić information content (AvgIpc) is 3.70. The fourth-order valence-electron chi connectivity index (χ4n) is 7.67. The van der Waals surface area contributed by atoms with Crippen LogP contribution in [0.15, 0.2) is 0 Å². The molecule has 0 unspecified atom stereocenters. The molecule has 3 heterocycles. The van der Waals surface area contributed by atoms with Crippen LogP contribution in [0.1, 0.15) is 89.9 Å². The summed E-state index contributed by atoms with van der Waals surface area (Å²) in [5.74, 6) is 0. The third-order valence-corrected chi connectivity index (χ3v) is 47.1. The lowest BCUT2D eigenvalue weighted by Crippen LogP contribution is -2.82. The molecule has 0 radical (unpaired) electrons. The van der Waals surface area contributed by atoms with Crippen LogP contribution in [0.25, 0.3) is 0 Å². The van der Waals surface area contributed by atoms with E-state index in [1.165, 1.54) is 0 Å². The lowest BCUT2D eigenvalue weighted by Gasteiger charge is -2.59. The Morgan fingerprint density at radius 1 is 0.275 bits per heavy atom. The molecule has 9 nitrogen and oxygen atoms in total. The molecular weight excluding hydrogens is 629 g/mol. The molecule has 16 heteroatoms. The van der Waals surface area contributed by atoms with Gasteiger partial charge >= 0.3 is 60.9 Å². The van der Waals surface area contributed by atoms with Gasteiger partial charge in [-0.25, -0.2) is 0 Å². The molecule has 10 rings (SSSR count). The molecule has 0 amide bonds. The summed E-state index contributed by atoms with van der Waals surface area (Å²) in [5.41, 5.74) is 2.56. The van der Waals surface area contributed by atoms with Gasteiger partial charge < -0.3 is 37.0 Å². The van der Waals surface area contributed by atoms with Gasteiger partial charge in [-0.1, -0.05) is 0 Å². The summed E-state index contributed by atoms with van der Waals surface area (Å²) >= 11 is 0. The van der Waals surface area contributed by atoms with E-state index in [2.05, 4.69) is 19.6 Å². The van der Waals surface area contributed by atoms with E-state index in [1.807, 2.05) is 0 Å². The first-order valence-electron chi connectivity index (χ1n) is 16.4. The summed E-state index contributed by atoms with van der Waals surface area (Å²) in [4.78, 5) is 0. The Morgan fingerprint density at radius 2 is 0.450 bits per heavy atom. The molecule has 222 valence electrons. The largest absolute Gasteiger partial charge is 0.482 e. The van der Waals surface area contributed by atoms with Gasteiger partial charge in [-0.2, -0.15) is 0 Å². The van der Waals surface area contributed by atoms with Crippen molar-refractivity contribution in [2.75, 3.05) is 0 Å². The third kappa shape index (κ3) is 4.08. The van der Waals surface area contributed by atoms with E-state index < -0.39 is 60.9 Å². The Kier molecular flexibility index (Phi) is 5.35. The van der Waals surface area contributed by atoms with Gasteiger partial charge in [-0.3, -0.25) is 0 Å². The summed E-state index contributed by atoms with van der Waals surface area (Å²) in [5, 5.41) is 0. The zero-order valence-corrected chi connectivity index (χ0v) is 31.1. The van der Waals surface area contributed by atoms with Crippen molar-refractivity contribution in [3.63, 3.8) is 0 Å². The van der Waals surface area contributed by atoms with Crippen LogP contribution < -0.4 is 0 Å². The second kappa shape index (κ2) is 8.11. The first-order valence-corrected chi connectivity index (χ1v) is 30.8. The molecule has 7 aliphatic carbocycles. The number of hydrogen-bond acceptors (Lipinski definition) is 9. The summed E-state index contributed by atoms with van der Waals surface area (Å²) in [6, 6.07) is 0. The second-order valence-corrected chi connectivity index (χ2v) is 39.3. The number of hydrogen-bond donors (Lipinski definition) is 0. The predicted molar refractivity (Wildman–Crippen MR) is 159 cm³/mol. The van der Waals surface area contributed by atoms with Gasteiger partial charge in [0, 0.05) is 38.8 Å². The molecule has 4 bridgehead atoms. The first-order chi connectivity index (χ1) is 19.1. The lowest BCUT2D eigenvalue weighted by atomic mass is 11.0. The molecule has 10 aliphatic rings. The Balaban J connectivity index is 1.21. The normalized spacial score (nSPS) is 57.1. The number of rotatable bonds is 7. The van der Waals surface area contributed by atoms with Crippen molar-refractivity contribution in [3.8, 4) is 0 Å². The highest BCUT2D eigenvalue weighted by Crippen LogP contribution is 2.67. The monoisotopic (exact) mass is 672 g/mol. The van der Waals surface area contributed by atoms with E-state index >= 15 is 0 Å². The summed E-state index contributed by atoms with van der Waals surface area (Å²) in [7, 11) is -21.4. The van der Waals surface area contributed by atoms with Crippen LogP contribution in [0.4, 0.5) is 0 Å². The van der Waals surface area contributed by atoms with E-state index in [0.717, 1.165) is 89.9 Å². The summed E-state index contributed by atoms with van der Waals surface area (Å²) < 4.78 is 68.9. The van der Waals surface area contributed by atoms with Crippen LogP contribution in [0, 0.1) is 0 Å². The van der Waals surface area contributed by atoms with Gasteiger partial charge in [0.05, 0.1) is 0 Å². The molecule has 0 N–H and O–H groups in total. The minimum atomic E-state index is -3.37. The standard InChI is InChI=1S/C24H44O9Si7/c1-34(18-4-5-18)25-37(21-10-11-21)27-35(2,19-6-7-19)29-39(23-14-15-23)30-36(3,20-8-9-20)28-38(26-34,22-12-13-22)32-40(31-37,33-39)24-16-17-24/h18-24H,4-17H2,1-3H3. The maximum absolute atomic E-state index is 7.71.